The van der Waals surface area contributed by atoms with Crippen LogP contribution in [0.15, 0.2) is 24.5 Å². The molecule has 0 radical (unpaired) electrons. The van der Waals surface area contributed by atoms with Crippen molar-refractivity contribution < 1.29 is 4.39 Å². The molecule has 1 aromatic carbocycles. The van der Waals surface area contributed by atoms with Crippen LogP contribution in [0.2, 0.25) is 0 Å². The number of benzene rings is 1. The second-order valence-electron chi connectivity index (χ2n) is 5.95. The molecule has 1 atom stereocenters. The number of nitrogens with zero attached hydrogens (tertiary/aromatic N) is 4. The van der Waals surface area contributed by atoms with Gasteiger partial charge in [-0.15, -0.1) is 0 Å². The molecule has 0 saturated carbocycles. The molecule has 1 aliphatic rings. The van der Waals surface area contributed by atoms with Gasteiger partial charge in [0.05, 0.1) is 5.52 Å². The molecule has 1 aromatic heterocycles. The maximum absolute atomic E-state index is 13.4. The molecule has 2 heterocycles. The lowest BCUT2D eigenvalue weighted by molar-refractivity contribution is 0.123. The van der Waals surface area contributed by atoms with E-state index in [2.05, 4.69) is 39.1 Å². The van der Waals surface area contributed by atoms with E-state index >= 15 is 0 Å². The first-order valence-electron chi connectivity index (χ1n) is 7.70. The normalized spacial score (nSPS) is 18.5. The Morgan fingerprint density at radius 1 is 1.23 bits per heavy atom. The van der Waals surface area contributed by atoms with Gasteiger partial charge in [-0.3, -0.25) is 4.90 Å². The highest BCUT2D eigenvalue weighted by atomic mass is 19.1. The number of halogens is 1. The average molecular weight is 303 g/mol. The zero-order valence-corrected chi connectivity index (χ0v) is 13.1. The maximum Gasteiger partial charge on any atom is 0.137 e. The summed E-state index contributed by atoms with van der Waals surface area (Å²) in [7, 11) is 2.15. The Labute approximate surface area is 130 Å². The Bertz CT molecular complexity index is 639. The van der Waals surface area contributed by atoms with E-state index < -0.39 is 0 Å². The van der Waals surface area contributed by atoms with Gasteiger partial charge in [0.1, 0.15) is 18.0 Å². The number of nitrogens with one attached hydrogen (secondary N) is 1. The van der Waals surface area contributed by atoms with Gasteiger partial charge in [-0.05, 0) is 32.2 Å². The van der Waals surface area contributed by atoms with Gasteiger partial charge in [0, 0.05) is 44.2 Å². The van der Waals surface area contributed by atoms with Crippen LogP contribution < -0.4 is 5.32 Å². The molecule has 118 valence electrons. The lowest BCUT2D eigenvalue weighted by Gasteiger charge is -2.36. The minimum Gasteiger partial charge on any atom is -0.368 e. The first-order valence-corrected chi connectivity index (χ1v) is 7.70. The molecule has 2 aromatic rings. The predicted octanol–water partition coefficient (Wildman–Crippen LogP) is 1.82. The molecule has 0 bridgehead atoms. The maximum atomic E-state index is 13.4. The largest absolute Gasteiger partial charge is 0.368 e. The molecule has 1 fully saturated rings. The standard InChI is InChI=1S/C16H22FN5/c1-12(22-7-5-21(2)6-8-22)10-18-16-14-9-13(17)3-4-15(14)19-11-20-16/h3-4,9,11-12H,5-8,10H2,1-2H3,(H,18,19,20). The molecule has 1 unspecified atom stereocenters. The monoisotopic (exact) mass is 303 g/mol. The summed E-state index contributed by atoms with van der Waals surface area (Å²) >= 11 is 0. The van der Waals surface area contributed by atoms with Crippen molar-refractivity contribution in [3.8, 4) is 0 Å². The van der Waals surface area contributed by atoms with E-state index in [0.717, 1.165) is 43.6 Å². The lowest BCUT2D eigenvalue weighted by atomic mass is 10.2. The molecular formula is C16H22FN5. The Morgan fingerprint density at radius 3 is 2.77 bits per heavy atom. The third-order valence-electron chi connectivity index (χ3n) is 4.32. The average Bonchev–Trinajstić information content (AvgIpc) is 2.53. The highest BCUT2D eigenvalue weighted by molar-refractivity contribution is 5.88. The van der Waals surface area contributed by atoms with E-state index in [1.165, 1.54) is 18.5 Å². The summed E-state index contributed by atoms with van der Waals surface area (Å²) in [6, 6.07) is 5.00. The second kappa shape index (κ2) is 6.54. The van der Waals surface area contributed by atoms with Gasteiger partial charge < -0.3 is 10.2 Å². The molecule has 1 aliphatic heterocycles. The highest BCUT2D eigenvalue weighted by Crippen LogP contribution is 2.20. The molecule has 6 heteroatoms. The SMILES string of the molecule is CC(CNc1ncnc2ccc(F)cc12)N1CCN(C)CC1. The molecule has 5 nitrogen and oxygen atoms in total. The van der Waals surface area contributed by atoms with Crippen molar-refractivity contribution in [3.63, 3.8) is 0 Å². The number of anilines is 1. The van der Waals surface area contributed by atoms with Crippen LogP contribution in [-0.4, -0.2) is 65.6 Å². The van der Waals surface area contributed by atoms with Crippen LogP contribution in [0.1, 0.15) is 6.92 Å². The summed E-state index contributed by atoms with van der Waals surface area (Å²) in [6.07, 6.45) is 1.52. The smallest absolute Gasteiger partial charge is 0.137 e. The molecular weight excluding hydrogens is 281 g/mol. The van der Waals surface area contributed by atoms with Crippen LogP contribution in [-0.2, 0) is 0 Å². The van der Waals surface area contributed by atoms with E-state index in [1.807, 2.05) is 0 Å². The van der Waals surface area contributed by atoms with Crippen LogP contribution in [0, 0.1) is 5.82 Å². The van der Waals surface area contributed by atoms with Gasteiger partial charge in [0.2, 0.25) is 0 Å². The van der Waals surface area contributed by atoms with Gasteiger partial charge in [-0.2, -0.15) is 0 Å². The summed E-state index contributed by atoms with van der Waals surface area (Å²) < 4.78 is 13.4. The fraction of sp³-hybridized carbons (Fsp3) is 0.500. The van der Waals surface area contributed by atoms with Crippen molar-refractivity contribution in [3.05, 3.63) is 30.3 Å². The van der Waals surface area contributed by atoms with Gasteiger partial charge in [0.25, 0.3) is 0 Å². The van der Waals surface area contributed by atoms with Crippen molar-refractivity contribution in [2.75, 3.05) is 45.1 Å². The third kappa shape index (κ3) is 3.34. The molecule has 3 rings (SSSR count). The number of fused-ring (bicyclic) bond motifs is 1. The Morgan fingerprint density at radius 2 is 2.00 bits per heavy atom. The first kappa shape index (κ1) is 15.1. The quantitative estimate of drug-likeness (QED) is 0.933. The summed E-state index contributed by atoms with van der Waals surface area (Å²) in [6.45, 7) is 7.36. The number of likely N-dealkylation sites (N-methyl/N-ethyl adjacent to an activating group) is 1. The van der Waals surface area contributed by atoms with Crippen LogP contribution >= 0.6 is 0 Å². The zero-order chi connectivity index (χ0) is 15.5. The van der Waals surface area contributed by atoms with Gasteiger partial charge >= 0.3 is 0 Å². The summed E-state index contributed by atoms with van der Waals surface area (Å²) in [5, 5.41) is 4.08. The Hall–Kier alpha value is -1.79. The number of hydrogen-bond donors (Lipinski definition) is 1. The summed E-state index contributed by atoms with van der Waals surface area (Å²) in [5.74, 6) is 0.433. The minimum atomic E-state index is -0.266. The Kier molecular flexibility index (Phi) is 4.49. The van der Waals surface area contributed by atoms with Crippen LogP contribution in [0.25, 0.3) is 10.9 Å². The van der Waals surface area contributed by atoms with Crippen molar-refractivity contribution in [2.24, 2.45) is 0 Å². The third-order valence-corrected chi connectivity index (χ3v) is 4.32. The number of aromatic nitrogens is 2. The van der Waals surface area contributed by atoms with Crippen molar-refractivity contribution >= 4 is 16.7 Å². The van der Waals surface area contributed by atoms with E-state index in [-0.39, 0.29) is 5.82 Å². The molecule has 22 heavy (non-hydrogen) atoms. The number of piperazine rings is 1. The number of rotatable bonds is 4. The number of hydrogen-bond acceptors (Lipinski definition) is 5. The van der Waals surface area contributed by atoms with Crippen molar-refractivity contribution in [2.45, 2.75) is 13.0 Å². The van der Waals surface area contributed by atoms with Crippen LogP contribution in [0.4, 0.5) is 10.2 Å². The van der Waals surface area contributed by atoms with Crippen LogP contribution in [0.5, 0.6) is 0 Å². The van der Waals surface area contributed by atoms with Crippen molar-refractivity contribution in [1.82, 2.24) is 19.8 Å². The lowest BCUT2D eigenvalue weighted by Crippen LogP contribution is -2.49. The summed E-state index contributed by atoms with van der Waals surface area (Å²) in [5.41, 5.74) is 0.756. The van der Waals surface area contributed by atoms with Gasteiger partial charge in [0.15, 0.2) is 0 Å². The molecule has 0 spiro atoms. The van der Waals surface area contributed by atoms with Crippen LogP contribution in [0.3, 0.4) is 0 Å². The van der Waals surface area contributed by atoms with E-state index in [0.29, 0.717) is 11.9 Å². The van der Waals surface area contributed by atoms with E-state index in [1.54, 1.807) is 6.07 Å². The zero-order valence-electron chi connectivity index (χ0n) is 13.1. The molecule has 0 aliphatic carbocycles. The van der Waals surface area contributed by atoms with E-state index in [4.69, 9.17) is 0 Å². The predicted molar refractivity (Wildman–Crippen MR) is 86.5 cm³/mol. The first-order chi connectivity index (χ1) is 10.6. The molecule has 1 N–H and O–H groups in total. The van der Waals surface area contributed by atoms with Gasteiger partial charge in [-0.25, -0.2) is 14.4 Å². The fourth-order valence-electron chi connectivity index (χ4n) is 2.81. The topological polar surface area (TPSA) is 44.3 Å². The summed E-state index contributed by atoms with van der Waals surface area (Å²) in [4.78, 5) is 13.2. The minimum absolute atomic E-state index is 0.266. The van der Waals surface area contributed by atoms with Crippen molar-refractivity contribution in [1.29, 1.82) is 0 Å². The van der Waals surface area contributed by atoms with Gasteiger partial charge in [-0.1, -0.05) is 0 Å². The molecule has 1 saturated heterocycles. The second-order valence-corrected chi connectivity index (χ2v) is 5.95. The van der Waals surface area contributed by atoms with E-state index in [9.17, 15) is 4.39 Å². The Balaban J connectivity index is 1.67. The molecule has 0 amide bonds. The highest BCUT2D eigenvalue weighted by Gasteiger charge is 2.19. The fourth-order valence-corrected chi connectivity index (χ4v) is 2.81.